The fraction of sp³-hybridized carbons (Fsp3) is 0.606. The summed E-state index contributed by atoms with van der Waals surface area (Å²) in [6.07, 6.45) is -1.65. The Balaban J connectivity index is 3.23. The molecule has 0 bridgehead atoms. The van der Waals surface area contributed by atoms with Gasteiger partial charge in [0.25, 0.3) is 0 Å². The van der Waals surface area contributed by atoms with Gasteiger partial charge in [0.05, 0.1) is 12.0 Å². The van der Waals surface area contributed by atoms with Gasteiger partial charge in [-0.3, -0.25) is 14.4 Å². The van der Waals surface area contributed by atoms with Crippen molar-refractivity contribution in [2.24, 2.45) is 5.92 Å². The third kappa shape index (κ3) is 16.9. The van der Waals surface area contributed by atoms with Crippen molar-refractivity contribution in [1.29, 1.82) is 0 Å². The number of aliphatic hydroxyl groups is 1. The molecule has 0 saturated carbocycles. The summed E-state index contributed by atoms with van der Waals surface area (Å²) in [5.74, 6) is -3.52. The first-order chi connectivity index (χ1) is 21.3. The maximum atomic E-state index is 13.6. The van der Waals surface area contributed by atoms with Crippen molar-refractivity contribution in [3.63, 3.8) is 0 Å². The average Bonchev–Trinajstić information content (AvgIpc) is 2.93. The molecule has 0 aliphatic rings. The second kappa shape index (κ2) is 18.9. The molecule has 4 N–H and O–H groups in total. The van der Waals surface area contributed by atoms with Gasteiger partial charge < -0.3 is 40.0 Å². The zero-order valence-corrected chi connectivity index (χ0v) is 28.2. The molecule has 0 heterocycles. The monoisotopic (exact) mass is 649 g/mol. The minimum Gasteiger partial charge on any atom is -0.460 e. The van der Waals surface area contributed by atoms with E-state index in [1.54, 1.807) is 85.7 Å². The molecule has 0 saturated heterocycles. The van der Waals surface area contributed by atoms with Crippen LogP contribution in [-0.2, 0) is 44.7 Å². The SMILES string of the molecule is C=CCOC(=O)C(NC(=O)C(CCC(O)OC(C)(C)C)NC(=O)C(CC(=O)OC(C)(C)C)NC(=O)OCc1ccccc1)C(C)C. The van der Waals surface area contributed by atoms with E-state index in [0.717, 1.165) is 0 Å². The number of rotatable bonds is 17. The standard InChI is InChI=1S/C33H51N3O10/c1-10-18-43-30(41)27(21(2)3)36-28(39)23(16-17-25(37)45-32(4,5)6)34-29(40)24(19-26(38)46-33(7,8)9)35-31(42)44-20-22-14-12-11-13-15-22/h10-15,21,23-25,27,37H,1,16-20H2,2-9H3,(H,34,40)(H,35,42)(H,36,39). The minimum absolute atomic E-state index is 0.0627. The Morgan fingerprint density at radius 3 is 2.00 bits per heavy atom. The van der Waals surface area contributed by atoms with Crippen LogP contribution >= 0.6 is 0 Å². The van der Waals surface area contributed by atoms with Crippen LogP contribution < -0.4 is 16.0 Å². The molecule has 4 unspecified atom stereocenters. The zero-order chi connectivity index (χ0) is 35.1. The van der Waals surface area contributed by atoms with Gasteiger partial charge in [0.15, 0.2) is 6.29 Å². The molecule has 4 atom stereocenters. The highest BCUT2D eigenvalue weighted by Crippen LogP contribution is 2.15. The minimum atomic E-state index is -1.50. The van der Waals surface area contributed by atoms with Crippen LogP contribution in [0.5, 0.6) is 0 Å². The molecule has 1 aromatic carbocycles. The summed E-state index contributed by atoms with van der Waals surface area (Å²) < 4.78 is 21.2. The first-order valence-electron chi connectivity index (χ1n) is 15.2. The Kier molecular flexibility index (Phi) is 16.4. The number of nitrogens with one attached hydrogen (secondary N) is 3. The molecule has 0 aliphatic heterocycles. The molecule has 1 aromatic rings. The lowest BCUT2D eigenvalue weighted by Gasteiger charge is -2.28. The maximum Gasteiger partial charge on any atom is 0.408 e. The predicted octanol–water partition coefficient (Wildman–Crippen LogP) is 3.28. The summed E-state index contributed by atoms with van der Waals surface area (Å²) >= 11 is 0. The Labute approximate surface area is 271 Å². The van der Waals surface area contributed by atoms with Crippen molar-refractivity contribution < 1.29 is 48.0 Å². The van der Waals surface area contributed by atoms with Crippen LogP contribution in [0.4, 0.5) is 4.79 Å². The number of hydrogen-bond acceptors (Lipinski definition) is 10. The van der Waals surface area contributed by atoms with Crippen LogP contribution in [0.1, 0.15) is 80.2 Å². The highest BCUT2D eigenvalue weighted by Gasteiger charge is 2.34. The van der Waals surface area contributed by atoms with Gasteiger partial charge in [-0.05, 0) is 59.4 Å². The van der Waals surface area contributed by atoms with E-state index in [0.29, 0.717) is 5.56 Å². The summed E-state index contributed by atoms with van der Waals surface area (Å²) in [4.78, 5) is 65.1. The number of esters is 2. The third-order valence-corrected chi connectivity index (χ3v) is 6.00. The lowest BCUT2D eigenvalue weighted by molar-refractivity contribution is -0.169. The normalized spacial score (nSPS) is 14.2. The highest BCUT2D eigenvalue weighted by atomic mass is 16.6. The van der Waals surface area contributed by atoms with Gasteiger partial charge in [0, 0.05) is 6.42 Å². The van der Waals surface area contributed by atoms with Gasteiger partial charge in [0.1, 0.15) is 36.9 Å². The number of aliphatic hydroxyl groups excluding tert-OH is 1. The Morgan fingerprint density at radius 2 is 1.46 bits per heavy atom. The second-order valence-electron chi connectivity index (χ2n) is 13.0. The molecule has 0 aromatic heterocycles. The van der Waals surface area contributed by atoms with Gasteiger partial charge in [-0.2, -0.15) is 0 Å². The van der Waals surface area contributed by atoms with E-state index in [1.165, 1.54) is 6.08 Å². The van der Waals surface area contributed by atoms with Gasteiger partial charge in [0.2, 0.25) is 11.8 Å². The molecular formula is C33H51N3O10. The lowest BCUT2D eigenvalue weighted by atomic mass is 10.0. The summed E-state index contributed by atoms with van der Waals surface area (Å²) in [5.41, 5.74) is -0.866. The van der Waals surface area contributed by atoms with Crippen molar-refractivity contribution in [2.45, 2.75) is 117 Å². The molecule has 13 heteroatoms. The third-order valence-electron chi connectivity index (χ3n) is 6.00. The number of alkyl carbamates (subject to hydrolysis) is 1. The molecule has 0 fully saturated rings. The van der Waals surface area contributed by atoms with Gasteiger partial charge >= 0.3 is 18.0 Å². The Morgan fingerprint density at radius 1 is 0.848 bits per heavy atom. The molecule has 258 valence electrons. The molecule has 13 nitrogen and oxygen atoms in total. The first kappa shape index (κ1) is 40.1. The number of carbonyl (C=O) groups excluding carboxylic acids is 5. The number of amides is 3. The summed E-state index contributed by atoms with van der Waals surface area (Å²) in [7, 11) is 0. The maximum absolute atomic E-state index is 13.6. The highest BCUT2D eigenvalue weighted by molar-refractivity contribution is 5.94. The van der Waals surface area contributed by atoms with Crippen LogP contribution in [0.3, 0.4) is 0 Å². The largest absolute Gasteiger partial charge is 0.460 e. The quantitative estimate of drug-likeness (QED) is 0.0847. The van der Waals surface area contributed by atoms with E-state index in [9.17, 15) is 29.1 Å². The number of hydrogen-bond donors (Lipinski definition) is 4. The number of benzene rings is 1. The fourth-order valence-corrected chi connectivity index (χ4v) is 3.97. The topological polar surface area (TPSA) is 179 Å². The van der Waals surface area contributed by atoms with Gasteiger partial charge in [-0.1, -0.05) is 56.8 Å². The van der Waals surface area contributed by atoms with Crippen LogP contribution in [0, 0.1) is 5.92 Å². The summed E-state index contributed by atoms with van der Waals surface area (Å²) in [6, 6.07) is 4.96. The van der Waals surface area contributed by atoms with Crippen LogP contribution in [0.2, 0.25) is 0 Å². The van der Waals surface area contributed by atoms with E-state index < -0.39 is 71.9 Å². The van der Waals surface area contributed by atoms with Crippen molar-refractivity contribution in [3.05, 3.63) is 48.6 Å². The molecule has 3 amide bonds. The van der Waals surface area contributed by atoms with Crippen molar-refractivity contribution in [1.82, 2.24) is 16.0 Å². The van der Waals surface area contributed by atoms with E-state index in [-0.39, 0.29) is 32.0 Å². The lowest BCUT2D eigenvalue weighted by Crippen LogP contribution is -2.57. The molecule has 0 spiro atoms. The molecular weight excluding hydrogens is 598 g/mol. The smallest absolute Gasteiger partial charge is 0.408 e. The fourth-order valence-electron chi connectivity index (χ4n) is 3.97. The van der Waals surface area contributed by atoms with Crippen LogP contribution in [0.25, 0.3) is 0 Å². The van der Waals surface area contributed by atoms with Crippen molar-refractivity contribution >= 4 is 29.8 Å². The zero-order valence-electron chi connectivity index (χ0n) is 28.2. The molecule has 1 rings (SSSR count). The van der Waals surface area contributed by atoms with Crippen LogP contribution in [-0.4, -0.2) is 77.2 Å². The van der Waals surface area contributed by atoms with Crippen LogP contribution in [0.15, 0.2) is 43.0 Å². The van der Waals surface area contributed by atoms with E-state index in [1.807, 2.05) is 0 Å². The molecule has 46 heavy (non-hydrogen) atoms. The Bertz CT molecular complexity index is 1160. The van der Waals surface area contributed by atoms with Crippen molar-refractivity contribution in [2.75, 3.05) is 6.61 Å². The number of carbonyl (C=O) groups is 5. The van der Waals surface area contributed by atoms with E-state index in [4.69, 9.17) is 18.9 Å². The van der Waals surface area contributed by atoms with Gasteiger partial charge in [-0.25, -0.2) is 9.59 Å². The average molecular weight is 650 g/mol. The Hall–Kier alpha value is -3.97. The summed E-state index contributed by atoms with van der Waals surface area (Å²) in [6.45, 7) is 16.9. The van der Waals surface area contributed by atoms with Gasteiger partial charge in [-0.15, -0.1) is 0 Å². The van der Waals surface area contributed by atoms with E-state index in [2.05, 4.69) is 22.5 Å². The van der Waals surface area contributed by atoms with E-state index >= 15 is 0 Å². The number of ether oxygens (including phenoxy) is 4. The summed E-state index contributed by atoms with van der Waals surface area (Å²) in [5, 5.41) is 18.0. The second-order valence-corrected chi connectivity index (χ2v) is 13.0. The van der Waals surface area contributed by atoms with Crippen molar-refractivity contribution in [3.8, 4) is 0 Å². The first-order valence-corrected chi connectivity index (χ1v) is 15.2. The predicted molar refractivity (Wildman–Crippen MR) is 170 cm³/mol. The molecule has 0 aliphatic carbocycles. The molecule has 0 radical (unpaired) electrons.